The van der Waals surface area contributed by atoms with Crippen LogP contribution in [0.5, 0.6) is 0 Å². The van der Waals surface area contributed by atoms with Crippen LogP contribution in [0.15, 0.2) is 0 Å². The van der Waals surface area contributed by atoms with Gasteiger partial charge in [-0.1, -0.05) is 19.3 Å². The molecule has 1 aliphatic heterocycles. The van der Waals surface area contributed by atoms with Crippen LogP contribution in [-0.2, 0) is 9.53 Å². The number of carboxylic acid groups (broad SMARTS) is 1. The predicted molar refractivity (Wildman–Crippen MR) is 65.0 cm³/mol. The van der Waals surface area contributed by atoms with Gasteiger partial charge in [0.05, 0.1) is 19.6 Å². The zero-order chi connectivity index (χ0) is 12.1. The lowest BCUT2D eigenvalue weighted by atomic mass is 9.82. The molecule has 0 bridgehead atoms. The number of nitrogens with zero attached hydrogens (tertiary/aromatic N) is 1. The van der Waals surface area contributed by atoms with E-state index in [1.807, 2.05) is 0 Å². The van der Waals surface area contributed by atoms with Crippen molar-refractivity contribution in [2.45, 2.75) is 44.6 Å². The molecule has 4 nitrogen and oxygen atoms in total. The van der Waals surface area contributed by atoms with Crippen molar-refractivity contribution in [3.05, 3.63) is 0 Å². The molecule has 0 amide bonds. The van der Waals surface area contributed by atoms with Crippen molar-refractivity contribution in [1.82, 2.24) is 4.90 Å². The van der Waals surface area contributed by atoms with Gasteiger partial charge >= 0.3 is 5.97 Å². The molecule has 0 aromatic heterocycles. The third-order valence-electron chi connectivity index (χ3n) is 4.09. The van der Waals surface area contributed by atoms with Crippen LogP contribution in [0.1, 0.15) is 38.5 Å². The third kappa shape index (κ3) is 3.68. The molecule has 0 radical (unpaired) electrons. The van der Waals surface area contributed by atoms with E-state index < -0.39 is 5.97 Å². The van der Waals surface area contributed by atoms with E-state index in [9.17, 15) is 4.79 Å². The lowest BCUT2D eigenvalue weighted by molar-refractivity contribution is -0.139. The largest absolute Gasteiger partial charge is 0.481 e. The van der Waals surface area contributed by atoms with E-state index in [1.54, 1.807) is 0 Å². The fourth-order valence-corrected chi connectivity index (χ4v) is 3.20. The maximum absolute atomic E-state index is 11.0. The van der Waals surface area contributed by atoms with Gasteiger partial charge in [-0.3, -0.25) is 9.69 Å². The van der Waals surface area contributed by atoms with Gasteiger partial charge in [-0.25, -0.2) is 0 Å². The van der Waals surface area contributed by atoms with Gasteiger partial charge in [0.15, 0.2) is 0 Å². The molecule has 2 fully saturated rings. The third-order valence-corrected chi connectivity index (χ3v) is 4.09. The molecule has 0 spiro atoms. The van der Waals surface area contributed by atoms with Crippen LogP contribution in [0.3, 0.4) is 0 Å². The molecule has 1 saturated heterocycles. The smallest absolute Gasteiger partial charge is 0.304 e. The number of rotatable bonds is 4. The minimum absolute atomic E-state index is 0.233. The van der Waals surface area contributed by atoms with E-state index in [4.69, 9.17) is 9.84 Å². The van der Waals surface area contributed by atoms with Gasteiger partial charge in [-0.2, -0.15) is 0 Å². The van der Waals surface area contributed by atoms with E-state index in [1.165, 1.54) is 32.1 Å². The number of morpholine rings is 1. The average molecular weight is 241 g/mol. The van der Waals surface area contributed by atoms with Gasteiger partial charge in [0.1, 0.15) is 0 Å². The van der Waals surface area contributed by atoms with Gasteiger partial charge in [-0.15, -0.1) is 0 Å². The van der Waals surface area contributed by atoms with Crippen LogP contribution >= 0.6 is 0 Å². The Morgan fingerprint density at radius 2 is 1.88 bits per heavy atom. The Bertz CT molecular complexity index is 227. The summed E-state index contributed by atoms with van der Waals surface area (Å²) in [6.45, 7) is 3.30. The van der Waals surface area contributed by atoms with E-state index in [0.717, 1.165) is 26.3 Å². The quantitative estimate of drug-likeness (QED) is 0.814. The van der Waals surface area contributed by atoms with Gasteiger partial charge in [0, 0.05) is 19.1 Å². The first-order chi connectivity index (χ1) is 8.27. The van der Waals surface area contributed by atoms with Crippen LogP contribution in [0.4, 0.5) is 0 Å². The number of carboxylic acids is 1. The molecule has 1 saturated carbocycles. The molecule has 2 rings (SSSR count). The van der Waals surface area contributed by atoms with Crippen LogP contribution in [0.2, 0.25) is 0 Å². The highest BCUT2D eigenvalue weighted by Gasteiger charge is 2.31. The minimum atomic E-state index is -0.660. The van der Waals surface area contributed by atoms with Gasteiger partial charge in [0.25, 0.3) is 0 Å². The topological polar surface area (TPSA) is 49.8 Å². The van der Waals surface area contributed by atoms with Crippen molar-refractivity contribution in [2.24, 2.45) is 5.92 Å². The zero-order valence-corrected chi connectivity index (χ0v) is 10.4. The van der Waals surface area contributed by atoms with Crippen molar-refractivity contribution in [3.63, 3.8) is 0 Å². The second-order valence-electron chi connectivity index (χ2n) is 5.21. The molecule has 2 aliphatic rings. The summed E-state index contributed by atoms with van der Waals surface area (Å²) in [5.41, 5.74) is 0. The lowest BCUT2D eigenvalue weighted by Gasteiger charge is -2.39. The fourth-order valence-electron chi connectivity index (χ4n) is 3.20. The SMILES string of the molecule is O=C(O)CC(C1CCCCC1)N1CCOCC1. The van der Waals surface area contributed by atoms with Crippen LogP contribution in [-0.4, -0.2) is 48.3 Å². The molecular weight excluding hydrogens is 218 g/mol. The highest BCUT2D eigenvalue weighted by atomic mass is 16.5. The van der Waals surface area contributed by atoms with Gasteiger partial charge in [-0.05, 0) is 18.8 Å². The normalized spacial score (nSPS) is 25.6. The molecule has 1 heterocycles. The summed E-state index contributed by atoms with van der Waals surface area (Å²) in [4.78, 5) is 13.4. The maximum atomic E-state index is 11.0. The van der Waals surface area contributed by atoms with Crippen molar-refractivity contribution < 1.29 is 14.6 Å². The first kappa shape index (κ1) is 12.8. The molecule has 0 aromatic rings. The summed E-state index contributed by atoms with van der Waals surface area (Å²) in [5, 5.41) is 9.09. The molecular formula is C13H23NO3. The minimum Gasteiger partial charge on any atom is -0.481 e. The second-order valence-corrected chi connectivity index (χ2v) is 5.21. The van der Waals surface area contributed by atoms with E-state index in [-0.39, 0.29) is 6.04 Å². The first-order valence-corrected chi connectivity index (χ1v) is 6.81. The summed E-state index contributed by atoms with van der Waals surface area (Å²) in [6, 6.07) is 0.233. The summed E-state index contributed by atoms with van der Waals surface area (Å²) >= 11 is 0. The van der Waals surface area contributed by atoms with Crippen molar-refractivity contribution in [1.29, 1.82) is 0 Å². The highest BCUT2D eigenvalue weighted by molar-refractivity contribution is 5.67. The average Bonchev–Trinajstić information content (AvgIpc) is 2.38. The van der Waals surface area contributed by atoms with Crippen LogP contribution in [0, 0.1) is 5.92 Å². The van der Waals surface area contributed by atoms with Gasteiger partial charge in [0.2, 0.25) is 0 Å². The monoisotopic (exact) mass is 241 g/mol. The second kappa shape index (κ2) is 6.36. The maximum Gasteiger partial charge on any atom is 0.304 e. The predicted octanol–water partition coefficient (Wildman–Crippen LogP) is 1.74. The van der Waals surface area contributed by atoms with Gasteiger partial charge < -0.3 is 9.84 Å². The van der Waals surface area contributed by atoms with Crippen molar-refractivity contribution >= 4 is 5.97 Å². The summed E-state index contributed by atoms with van der Waals surface area (Å²) in [5.74, 6) is -0.0787. The standard InChI is InChI=1S/C13H23NO3/c15-13(16)10-12(11-4-2-1-3-5-11)14-6-8-17-9-7-14/h11-12H,1-10H2,(H,15,16). The number of carbonyl (C=O) groups is 1. The molecule has 1 aliphatic carbocycles. The van der Waals surface area contributed by atoms with Crippen molar-refractivity contribution in [2.75, 3.05) is 26.3 Å². The lowest BCUT2D eigenvalue weighted by Crippen LogP contribution is -2.48. The van der Waals surface area contributed by atoms with E-state index in [2.05, 4.69) is 4.90 Å². The van der Waals surface area contributed by atoms with Crippen molar-refractivity contribution in [3.8, 4) is 0 Å². The Kier molecular flexibility index (Phi) is 4.80. The first-order valence-electron chi connectivity index (χ1n) is 6.81. The highest BCUT2D eigenvalue weighted by Crippen LogP contribution is 2.31. The molecule has 98 valence electrons. The Morgan fingerprint density at radius 3 is 2.47 bits per heavy atom. The van der Waals surface area contributed by atoms with Crippen LogP contribution < -0.4 is 0 Å². The molecule has 0 aromatic carbocycles. The summed E-state index contributed by atoms with van der Waals surface area (Å²) in [6.07, 6.45) is 6.56. The Labute approximate surface area is 103 Å². The fraction of sp³-hybridized carbons (Fsp3) is 0.923. The molecule has 1 unspecified atom stereocenters. The van der Waals surface area contributed by atoms with E-state index in [0.29, 0.717) is 12.3 Å². The number of hydrogen-bond acceptors (Lipinski definition) is 3. The number of aliphatic carboxylic acids is 1. The molecule has 1 N–H and O–H groups in total. The summed E-state index contributed by atoms with van der Waals surface area (Å²) < 4.78 is 5.35. The zero-order valence-electron chi connectivity index (χ0n) is 10.4. The number of ether oxygens (including phenoxy) is 1. The number of hydrogen-bond donors (Lipinski definition) is 1. The Balaban J connectivity index is 1.97. The Morgan fingerprint density at radius 1 is 1.24 bits per heavy atom. The molecule has 4 heteroatoms. The summed E-state index contributed by atoms with van der Waals surface area (Å²) in [7, 11) is 0. The molecule has 1 atom stereocenters. The Hall–Kier alpha value is -0.610. The van der Waals surface area contributed by atoms with Crippen LogP contribution in [0.25, 0.3) is 0 Å². The van der Waals surface area contributed by atoms with E-state index >= 15 is 0 Å². The molecule has 17 heavy (non-hydrogen) atoms.